The zero-order valence-electron chi connectivity index (χ0n) is 10.5. The summed E-state index contributed by atoms with van der Waals surface area (Å²) in [5.41, 5.74) is 5.61. The molecule has 1 heterocycles. The van der Waals surface area contributed by atoms with E-state index in [4.69, 9.17) is 10.5 Å². The molecule has 1 aliphatic heterocycles. The molecule has 4 nitrogen and oxygen atoms in total. The maximum Gasteiger partial charge on any atom is 0.226 e. The molecule has 0 spiro atoms. The Labute approximate surface area is 108 Å². The molecule has 1 aliphatic rings. The Hall–Kier alpha value is -1.55. The van der Waals surface area contributed by atoms with Crippen molar-refractivity contribution in [3.8, 4) is 5.75 Å². The number of para-hydroxylation sites is 1. The number of rotatable bonds is 5. The number of nitrogens with zero attached hydrogens (tertiary/aromatic N) is 1. The molecular formula is C14H20N2O2. The van der Waals surface area contributed by atoms with E-state index in [2.05, 4.69) is 0 Å². The summed E-state index contributed by atoms with van der Waals surface area (Å²) in [6, 6.07) is 9.57. The standard InChI is InChI=1S/C14H20N2O2/c15-10-12-6-8-16(11-12)14(17)7-9-18-13-4-2-1-3-5-13/h1-5,12H,6-11,15H2. The summed E-state index contributed by atoms with van der Waals surface area (Å²) in [6.07, 6.45) is 1.47. The number of ether oxygens (including phenoxy) is 1. The molecule has 1 unspecified atom stereocenters. The van der Waals surface area contributed by atoms with Gasteiger partial charge in [-0.15, -0.1) is 0 Å². The van der Waals surface area contributed by atoms with E-state index in [1.807, 2.05) is 35.2 Å². The Morgan fingerprint density at radius 2 is 2.17 bits per heavy atom. The topological polar surface area (TPSA) is 55.6 Å². The van der Waals surface area contributed by atoms with Crippen molar-refractivity contribution in [3.05, 3.63) is 30.3 Å². The number of hydrogen-bond acceptors (Lipinski definition) is 3. The first-order valence-electron chi connectivity index (χ1n) is 6.45. The van der Waals surface area contributed by atoms with Crippen molar-refractivity contribution in [3.63, 3.8) is 0 Å². The minimum atomic E-state index is 0.168. The average molecular weight is 248 g/mol. The molecular weight excluding hydrogens is 228 g/mol. The van der Waals surface area contributed by atoms with Crippen molar-refractivity contribution in [2.24, 2.45) is 11.7 Å². The van der Waals surface area contributed by atoms with E-state index in [0.29, 0.717) is 25.5 Å². The predicted molar refractivity (Wildman–Crippen MR) is 70.3 cm³/mol. The molecule has 0 saturated carbocycles. The van der Waals surface area contributed by atoms with Crippen LogP contribution in [0, 0.1) is 5.92 Å². The fourth-order valence-electron chi connectivity index (χ4n) is 2.18. The van der Waals surface area contributed by atoms with Crippen molar-refractivity contribution < 1.29 is 9.53 Å². The van der Waals surface area contributed by atoms with Gasteiger partial charge in [0.2, 0.25) is 5.91 Å². The number of benzene rings is 1. The second kappa shape index (κ2) is 6.40. The monoisotopic (exact) mass is 248 g/mol. The van der Waals surface area contributed by atoms with Crippen LogP contribution in [0.25, 0.3) is 0 Å². The van der Waals surface area contributed by atoms with E-state index in [0.717, 1.165) is 25.3 Å². The Kier molecular flexibility index (Phi) is 4.59. The Morgan fingerprint density at radius 3 is 2.83 bits per heavy atom. The van der Waals surface area contributed by atoms with Gasteiger partial charge in [-0.3, -0.25) is 4.79 Å². The molecule has 4 heteroatoms. The van der Waals surface area contributed by atoms with E-state index in [1.165, 1.54) is 0 Å². The fourth-order valence-corrected chi connectivity index (χ4v) is 2.18. The third kappa shape index (κ3) is 3.47. The van der Waals surface area contributed by atoms with Crippen molar-refractivity contribution in [2.75, 3.05) is 26.2 Å². The first kappa shape index (κ1) is 12.9. The number of hydrogen-bond donors (Lipinski definition) is 1. The van der Waals surface area contributed by atoms with E-state index in [-0.39, 0.29) is 5.91 Å². The normalized spacial score (nSPS) is 18.9. The summed E-state index contributed by atoms with van der Waals surface area (Å²) in [6.45, 7) is 2.75. The lowest BCUT2D eigenvalue weighted by molar-refractivity contribution is -0.130. The molecule has 2 rings (SSSR count). The summed E-state index contributed by atoms with van der Waals surface area (Å²) in [5.74, 6) is 1.46. The quantitative estimate of drug-likeness (QED) is 0.853. The third-order valence-electron chi connectivity index (χ3n) is 3.30. The Balaban J connectivity index is 1.69. The van der Waals surface area contributed by atoms with Crippen LogP contribution >= 0.6 is 0 Å². The largest absolute Gasteiger partial charge is 0.493 e. The first-order chi connectivity index (χ1) is 8.79. The molecule has 0 radical (unpaired) electrons. The summed E-state index contributed by atoms with van der Waals surface area (Å²) in [5, 5.41) is 0. The van der Waals surface area contributed by atoms with Crippen LogP contribution < -0.4 is 10.5 Å². The van der Waals surface area contributed by atoms with Gasteiger partial charge in [0.1, 0.15) is 5.75 Å². The SMILES string of the molecule is NCC1CCN(C(=O)CCOc2ccccc2)C1. The molecule has 1 fully saturated rings. The third-order valence-corrected chi connectivity index (χ3v) is 3.30. The summed E-state index contributed by atoms with van der Waals surface area (Å²) in [7, 11) is 0. The Morgan fingerprint density at radius 1 is 1.39 bits per heavy atom. The van der Waals surface area contributed by atoms with Crippen LogP contribution in [0.4, 0.5) is 0 Å². The number of amides is 1. The number of nitrogens with two attached hydrogens (primary N) is 1. The minimum absolute atomic E-state index is 0.168. The maximum absolute atomic E-state index is 11.9. The molecule has 2 N–H and O–H groups in total. The van der Waals surface area contributed by atoms with Gasteiger partial charge in [0.25, 0.3) is 0 Å². The van der Waals surface area contributed by atoms with Crippen LogP contribution in [-0.4, -0.2) is 37.0 Å². The number of carbonyl (C=O) groups is 1. The molecule has 1 amide bonds. The number of likely N-dealkylation sites (tertiary alicyclic amines) is 1. The van der Waals surface area contributed by atoms with Crippen LogP contribution in [0.2, 0.25) is 0 Å². The molecule has 18 heavy (non-hydrogen) atoms. The van der Waals surface area contributed by atoms with Crippen LogP contribution in [0.1, 0.15) is 12.8 Å². The highest BCUT2D eigenvalue weighted by molar-refractivity contribution is 5.76. The van der Waals surface area contributed by atoms with Crippen LogP contribution in [0.3, 0.4) is 0 Å². The van der Waals surface area contributed by atoms with Gasteiger partial charge in [-0.25, -0.2) is 0 Å². The van der Waals surface area contributed by atoms with E-state index < -0.39 is 0 Å². The molecule has 1 aromatic rings. The molecule has 98 valence electrons. The zero-order valence-corrected chi connectivity index (χ0v) is 10.5. The lowest BCUT2D eigenvalue weighted by Crippen LogP contribution is -2.30. The van der Waals surface area contributed by atoms with Gasteiger partial charge >= 0.3 is 0 Å². The number of carbonyl (C=O) groups excluding carboxylic acids is 1. The highest BCUT2D eigenvalue weighted by Gasteiger charge is 2.24. The molecule has 0 aliphatic carbocycles. The second-order valence-electron chi connectivity index (χ2n) is 4.64. The summed E-state index contributed by atoms with van der Waals surface area (Å²) >= 11 is 0. The van der Waals surface area contributed by atoms with Crippen molar-refractivity contribution >= 4 is 5.91 Å². The van der Waals surface area contributed by atoms with Crippen LogP contribution in [0.15, 0.2) is 30.3 Å². The minimum Gasteiger partial charge on any atom is -0.493 e. The molecule has 0 aromatic heterocycles. The molecule has 1 saturated heterocycles. The van der Waals surface area contributed by atoms with Crippen LogP contribution in [0.5, 0.6) is 5.75 Å². The van der Waals surface area contributed by atoms with Crippen molar-refractivity contribution in [1.29, 1.82) is 0 Å². The Bertz CT molecular complexity index is 381. The van der Waals surface area contributed by atoms with Gasteiger partial charge in [0, 0.05) is 13.1 Å². The predicted octanol–water partition coefficient (Wildman–Crippen LogP) is 1.26. The van der Waals surface area contributed by atoms with Gasteiger partial charge in [-0.05, 0) is 31.0 Å². The van der Waals surface area contributed by atoms with Crippen molar-refractivity contribution in [2.45, 2.75) is 12.8 Å². The highest BCUT2D eigenvalue weighted by atomic mass is 16.5. The fraction of sp³-hybridized carbons (Fsp3) is 0.500. The average Bonchev–Trinajstić information content (AvgIpc) is 2.89. The first-order valence-corrected chi connectivity index (χ1v) is 6.45. The lowest BCUT2D eigenvalue weighted by atomic mass is 10.1. The second-order valence-corrected chi connectivity index (χ2v) is 4.64. The van der Waals surface area contributed by atoms with Gasteiger partial charge in [-0.2, -0.15) is 0 Å². The van der Waals surface area contributed by atoms with E-state index >= 15 is 0 Å². The molecule has 0 bridgehead atoms. The van der Waals surface area contributed by atoms with E-state index in [1.54, 1.807) is 0 Å². The highest BCUT2D eigenvalue weighted by Crippen LogP contribution is 2.16. The molecule has 1 atom stereocenters. The molecule has 1 aromatic carbocycles. The van der Waals surface area contributed by atoms with Gasteiger partial charge < -0.3 is 15.4 Å². The maximum atomic E-state index is 11.9. The van der Waals surface area contributed by atoms with Crippen molar-refractivity contribution in [1.82, 2.24) is 4.90 Å². The van der Waals surface area contributed by atoms with E-state index in [9.17, 15) is 4.79 Å². The summed E-state index contributed by atoms with van der Waals surface area (Å²) < 4.78 is 5.52. The summed E-state index contributed by atoms with van der Waals surface area (Å²) in [4.78, 5) is 13.8. The zero-order chi connectivity index (χ0) is 12.8. The van der Waals surface area contributed by atoms with Gasteiger partial charge in [0.05, 0.1) is 13.0 Å². The van der Waals surface area contributed by atoms with Gasteiger partial charge in [-0.1, -0.05) is 18.2 Å². The lowest BCUT2D eigenvalue weighted by Gasteiger charge is -2.16. The smallest absolute Gasteiger partial charge is 0.226 e. The van der Waals surface area contributed by atoms with Crippen LogP contribution in [-0.2, 0) is 4.79 Å². The van der Waals surface area contributed by atoms with Gasteiger partial charge in [0.15, 0.2) is 0 Å².